The summed E-state index contributed by atoms with van der Waals surface area (Å²) in [7, 11) is 0. The van der Waals surface area contributed by atoms with E-state index in [1.165, 1.54) is 6.07 Å². The summed E-state index contributed by atoms with van der Waals surface area (Å²) in [5.41, 5.74) is 4.14. The maximum absolute atomic E-state index is 13.5. The van der Waals surface area contributed by atoms with Crippen LogP contribution in [-0.4, -0.2) is 16.3 Å². The Morgan fingerprint density at radius 1 is 1.19 bits per heavy atom. The lowest BCUT2D eigenvalue weighted by molar-refractivity contribution is 0.598. The number of aryl methyl sites for hydroxylation is 2. The van der Waals surface area contributed by atoms with E-state index < -0.39 is 0 Å². The first-order valence-corrected chi connectivity index (χ1v) is 7.69. The molecule has 1 N–H and O–H groups in total. The number of hydrogen-bond donors (Lipinski definition) is 1. The molecule has 1 aromatic heterocycles. The molecule has 3 nitrogen and oxygen atoms in total. The van der Waals surface area contributed by atoms with Gasteiger partial charge in [-0.3, -0.25) is 4.68 Å². The molecule has 0 aliphatic carbocycles. The standard InChI is InChI=1S/C17H24FN3/c1-4-8-19-11-14-10-15(18)6-7-16(14)17-12-21(9-5-2)20-13(17)3/h6-7,10,12,19H,4-5,8-9,11H2,1-3H3. The molecule has 21 heavy (non-hydrogen) atoms. The summed E-state index contributed by atoms with van der Waals surface area (Å²) in [5, 5.41) is 7.89. The lowest BCUT2D eigenvalue weighted by Crippen LogP contribution is -2.14. The minimum absolute atomic E-state index is 0.189. The first-order valence-electron chi connectivity index (χ1n) is 7.69. The maximum Gasteiger partial charge on any atom is 0.123 e. The summed E-state index contributed by atoms with van der Waals surface area (Å²) in [4.78, 5) is 0. The van der Waals surface area contributed by atoms with Gasteiger partial charge in [0, 0.05) is 24.8 Å². The van der Waals surface area contributed by atoms with Crippen molar-refractivity contribution in [1.29, 1.82) is 0 Å². The molecule has 0 unspecified atom stereocenters. The molecule has 114 valence electrons. The van der Waals surface area contributed by atoms with Crippen LogP contribution < -0.4 is 5.32 Å². The Hall–Kier alpha value is -1.68. The zero-order valence-electron chi connectivity index (χ0n) is 13.1. The molecule has 0 saturated carbocycles. The predicted octanol–water partition coefficient (Wildman–Crippen LogP) is 3.91. The van der Waals surface area contributed by atoms with E-state index in [1.54, 1.807) is 6.07 Å². The number of halogens is 1. The van der Waals surface area contributed by atoms with E-state index in [-0.39, 0.29) is 5.82 Å². The van der Waals surface area contributed by atoms with Gasteiger partial charge in [-0.1, -0.05) is 19.9 Å². The quantitative estimate of drug-likeness (QED) is 0.783. The zero-order valence-corrected chi connectivity index (χ0v) is 13.1. The Kier molecular flexibility index (Phi) is 5.51. The van der Waals surface area contributed by atoms with E-state index in [0.717, 1.165) is 48.3 Å². The van der Waals surface area contributed by atoms with Gasteiger partial charge in [0.25, 0.3) is 0 Å². The largest absolute Gasteiger partial charge is 0.313 e. The molecule has 0 amide bonds. The maximum atomic E-state index is 13.5. The van der Waals surface area contributed by atoms with Crippen LogP contribution in [0.3, 0.4) is 0 Å². The number of hydrogen-bond acceptors (Lipinski definition) is 2. The fourth-order valence-electron chi connectivity index (χ4n) is 2.50. The van der Waals surface area contributed by atoms with Crippen molar-refractivity contribution in [2.75, 3.05) is 6.54 Å². The van der Waals surface area contributed by atoms with Crippen molar-refractivity contribution in [2.45, 2.75) is 46.7 Å². The fourth-order valence-corrected chi connectivity index (χ4v) is 2.50. The minimum atomic E-state index is -0.189. The van der Waals surface area contributed by atoms with Gasteiger partial charge in [-0.25, -0.2) is 4.39 Å². The summed E-state index contributed by atoms with van der Waals surface area (Å²) in [6.07, 6.45) is 4.18. The third-order valence-corrected chi connectivity index (χ3v) is 3.50. The highest BCUT2D eigenvalue weighted by Gasteiger charge is 2.12. The Bertz CT molecular complexity index is 590. The SMILES string of the molecule is CCCNCc1cc(F)ccc1-c1cn(CCC)nc1C. The van der Waals surface area contributed by atoms with Gasteiger partial charge in [-0.05, 0) is 49.6 Å². The van der Waals surface area contributed by atoms with E-state index in [9.17, 15) is 4.39 Å². The first kappa shape index (κ1) is 15.7. The van der Waals surface area contributed by atoms with Crippen LogP contribution in [-0.2, 0) is 13.1 Å². The molecule has 0 aliphatic rings. The summed E-state index contributed by atoms with van der Waals surface area (Å²) in [5.74, 6) is -0.189. The van der Waals surface area contributed by atoms with Crippen molar-refractivity contribution in [3.63, 3.8) is 0 Å². The zero-order chi connectivity index (χ0) is 15.2. The molecule has 0 spiro atoms. The van der Waals surface area contributed by atoms with Crippen molar-refractivity contribution in [3.05, 3.63) is 41.5 Å². The smallest absolute Gasteiger partial charge is 0.123 e. The molecule has 0 aliphatic heterocycles. The van der Waals surface area contributed by atoms with Crippen LogP contribution in [0.2, 0.25) is 0 Å². The molecule has 0 radical (unpaired) electrons. The summed E-state index contributed by atoms with van der Waals surface area (Å²) >= 11 is 0. The molecular formula is C17H24FN3. The van der Waals surface area contributed by atoms with Crippen molar-refractivity contribution in [2.24, 2.45) is 0 Å². The number of benzene rings is 1. The van der Waals surface area contributed by atoms with Crippen LogP contribution >= 0.6 is 0 Å². The van der Waals surface area contributed by atoms with E-state index in [4.69, 9.17) is 0 Å². The molecule has 4 heteroatoms. The number of nitrogens with one attached hydrogen (secondary N) is 1. The second-order valence-electron chi connectivity index (χ2n) is 5.37. The van der Waals surface area contributed by atoms with Gasteiger partial charge in [-0.15, -0.1) is 0 Å². The second-order valence-corrected chi connectivity index (χ2v) is 5.37. The fraction of sp³-hybridized carbons (Fsp3) is 0.471. The van der Waals surface area contributed by atoms with Crippen LogP contribution in [0, 0.1) is 12.7 Å². The van der Waals surface area contributed by atoms with Gasteiger partial charge < -0.3 is 5.32 Å². The van der Waals surface area contributed by atoms with Crippen molar-refractivity contribution < 1.29 is 4.39 Å². The van der Waals surface area contributed by atoms with Gasteiger partial charge >= 0.3 is 0 Å². The molecule has 1 aromatic carbocycles. The summed E-state index contributed by atoms with van der Waals surface area (Å²) in [6, 6.07) is 5.00. The first-order chi connectivity index (χ1) is 10.2. The molecule has 2 aromatic rings. The van der Waals surface area contributed by atoms with E-state index in [0.29, 0.717) is 6.54 Å². The Labute approximate surface area is 126 Å². The van der Waals surface area contributed by atoms with E-state index >= 15 is 0 Å². The average molecular weight is 289 g/mol. The number of nitrogens with zero attached hydrogens (tertiary/aromatic N) is 2. The van der Waals surface area contributed by atoms with Crippen LogP contribution in [0.1, 0.15) is 37.9 Å². The summed E-state index contributed by atoms with van der Waals surface area (Å²) in [6.45, 7) is 8.79. The number of aromatic nitrogens is 2. The highest BCUT2D eigenvalue weighted by Crippen LogP contribution is 2.27. The number of rotatable bonds is 7. The molecule has 1 heterocycles. The Morgan fingerprint density at radius 2 is 2.00 bits per heavy atom. The summed E-state index contributed by atoms with van der Waals surface area (Å²) < 4.78 is 15.5. The van der Waals surface area contributed by atoms with E-state index in [1.807, 2.05) is 17.7 Å². The third kappa shape index (κ3) is 3.91. The third-order valence-electron chi connectivity index (χ3n) is 3.50. The normalized spacial score (nSPS) is 11.0. The predicted molar refractivity (Wildman–Crippen MR) is 84.6 cm³/mol. The molecule has 0 fully saturated rings. The van der Waals surface area contributed by atoms with E-state index in [2.05, 4.69) is 30.5 Å². The van der Waals surface area contributed by atoms with Gasteiger partial charge in [0.15, 0.2) is 0 Å². The molecular weight excluding hydrogens is 265 g/mol. The van der Waals surface area contributed by atoms with Crippen LogP contribution in [0.4, 0.5) is 4.39 Å². The second kappa shape index (κ2) is 7.36. The van der Waals surface area contributed by atoms with Crippen LogP contribution in [0.5, 0.6) is 0 Å². The van der Waals surface area contributed by atoms with Gasteiger partial charge in [0.1, 0.15) is 5.82 Å². The highest BCUT2D eigenvalue weighted by atomic mass is 19.1. The monoisotopic (exact) mass is 289 g/mol. The topological polar surface area (TPSA) is 29.9 Å². The Balaban J connectivity index is 2.33. The van der Waals surface area contributed by atoms with Crippen molar-refractivity contribution >= 4 is 0 Å². The Morgan fingerprint density at radius 3 is 2.71 bits per heavy atom. The van der Waals surface area contributed by atoms with Crippen molar-refractivity contribution in [3.8, 4) is 11.1 Å². The van der Waals surface area contributed by atoms with Crippen molar-refractivity contribution in [1.82, 2.24) is 15.1 Å². The van der Waals surface area contributed by atoms with Gasteiger partial charge in [0.05, 0.1) is 5.69 Å². The molecule has 0 saturated heterocycles. The van der Waals surface area contributed by atoms with Gasteiger partial charge in [0.2, 0.25) is 0 Å². The molecule has 0 atom stereocenters. The molecule has 2 rings (SSSR count). The van der Waals surface area contributed by atoms with Crippen LogP contribution in [0.15, 0.2) is 24.4 Å². The van der Waals surface area contributed by atoms with Crippen LogP contribution in [0.25, 0.3) is 11.1 Å². The van der Waals surface area contributed by atoms with Gasteiger partial charge in [-0.2, -0.15) is 5.10 Å². The molecule has 0 bridgehead atoms. The average Bonchev–Trinajstić information content (AvgIpc) is 2.81. The minimum Gasteiger partial charge on any atom is -0.313 e. The highest BCUT2D eigenvalue weighted by molar-refractivity contribution is 5.68. The lowest BCUT2D eigenvalue weighted by Gasteiger charge is -2.10. The lowest BCUT2D eigenvalue weighted by atomic mass is 10.00.